The molecule has 0 saturated carbocycles. The Hall–Kier alpha value is -1.74. The van der Waals surface area contributed by atoms with Crippen LogP contribution in [0.3, 0.4) is 0 Å². The molecule has 1 aromatic carbocycles. The van der Waals surface area contributed by atoms with Crippen LogP contribution < -0.4 is 4.90 Å². The predicted octanol–water partition coefficient (Wildman–Crippen LogP) is 5.27. The van der Waals surface area contributed by atoms with Crippen LogP contribution in [0.25, 0.3) is 11.3 Å². The van der Waals surface area contributed by atoms with E-state index in [0.717, 1.165) is 40.2 Å². The van der Waals surface area contributed by atoms with Gasteiger partial charge >= 0.3 is 0 Å². The molecule has 1 fully saturated rings. The molecule has 0 aliphatic carbocycles. The lowest BCUT2D eigenvalue weighted by molar-refractivity contribution is -0.116. The zero-order chi connectivity index (χ0) is 20.1. The maximum absolute atomic E-state index is 13.1. The van der Waals surface area contributed by atoms with Crippen molar-refractivity contribution in [2.45, 2.75) is 24.0 Å². The van der Waals surface area contributed by atoms with Crippen molar-refractivity contribution in [3.8, 4) is 11.3 Å². The number of hydrogen-bond acceptors (Lipinski definition) is 6. The zero-order valence-electron chi connectivity index (χ0n) is 15.7. The number of pyridine rings is 1. The Balaban J connectivity index is 1.51. The Kier molecular flexibility index (Phi) is 6.97. The number of nitrogens with zero attached hydrogens (tertiary/aromatic N) is 3. The number of carbonyl (C=O) groups is 1. The van der Waals surface area contributed by atoms with Gasteiger partial charge in [-0.15, -0.1) is 11.3 Å². The average molecular weight is 490 g/mol. The number of thiazole rings is 1. The lowest BCUT2D eigenvalue weighted by Crippen LogP contribution is -2.38. The second kappa shape index (κ2) is 9.84. The molecule has 1 aliphatic heterocycles. The van der Waals surface area contributed by atoms with Gasteiger partial charge in [0.2, 0.25) is 5.91 Å². The summed E-state index contributed by atoms with van der Waals surface area (Å²) < 4.78 is 6.81. The molecule has 1 saturated heterocycles. The first-order valence-electron chi connectivity index (χ1n) is 9.36. The second-order valence-corrected chi connectivity index (χ2v) is 9.37. The highest BCUT2D eigenvalue weighted by Crippen LogP contribution is 2.30. The summed E-state index contributed by atoms with van der Waals surface area (Å²) in [5.41, 5.74) is 1.91. The summed E-state index contributed by atoms with van der Waals surface area (Å²) >= 11 is 6.39. The van der Waals surface area contributed by atoms with Crippen LogP contribution in [0.15, 0.2) is 63.5 Å². The predicted molar refractivity (Wildman–Crippen MR) is 122 cm³/mol. The van der Waals surface area contributed by atoms with E-state index >= 15 is 0 Å². The van der Waals surface area contributed by atoms with E-state index in [1.165, 1.54) is 23.1 Å². The van der Waals surface area contributed by atoms with E-state index < -0.39 is 0 Å². The van der Waals surface area contributed by atoms with Gasteiger partial charge < -0.3 is 4.74 Å². The van der Waals surface area contributed by atoms with Crippen molar-refractivity contribution in [1.82, 2.24) is 9.97 Å². The molecule has 0 radical (unpaired) electrons. The highest BCUT2D eigenvalue weighted by atomic mass is 79.9. The van der Waals surface area contributed by atoms with Gasteiger partial charge in [-0.2, -0.15) is 0 Å². The Morgan fingerprint density at radius 1 is 1.28 bits per heavy atom. The Morgan fingerprint density at radius 2 is 2.14 bits per heavy atom. The second-order valence-electron chi connectivity index (χ2n) is 6.62. The van der Waals surface area contributed by atoms with Crippen molar-refractivity contribution >= 4 is 50.1 Å². The monoisotopic (exact) mass is 489 g/mol. The van der Waals surface area contributed by atoms with Crippen LogP contribution in [0.1, 0.15) is 12.8 Å². The van der Waals surface area contributed by atoms with Crippen LogP contribution in [0, 0.1) is 0 Å². The van der Waals surface area contributed by atoms with Crippen molar-refractivity contribution in [1.29, 1.82) is 0 Å². The van der Waals surface area contributed by atoms with Gasteiger partial charge in [0.05, 0.1) is 29.1 Å². The van der Waals surface area contributed by atoms with Crippen LogP contribution in [0.5, 0.6) is 0 Å². The molecule has 0 N–H and O–H groups in total. The standard InChI is InChI=1S/C21H20BrN3O2S2/c22-16-8-6-15(7-9-16)18-13-29-21(24-18)25(12-17-4-3-11-27-17)20(26)14-28-19-5-1-2-10-23-19/h1-2,5-10,13,17H,3-4,11-12,14H2/t17-/m0/s1. The average Bonchev–Trinajstić information content (AvgIpc) is 3.44. The molecule has 8 heteroatoms. The number of benzene rings is 1. The minimum absolute atomic E-state index is 0.0212. The van der Waals surface area contributed by atoms with Crippen LogP contribution in [0.4, 0.5) is 5.13 Å². The summed E-state index contributed by atoms with van der Waals surface area (Å²) in [6.45, 7) is 1.30. The Bertz CT molecular complexity index is 944. The van der Waals surface area contributed by atoms with Gasteiger partial charge in [-0.25, -0.2) is 9.97 Å². The molecule has 5 nitrogen and oxygen atoms in total. The molecule has 29 heavy (non-hydrogen) atoms. The fourth-order valence-corrected chi connectivity index (χ4v) is 4.93. The SMILES string of the molecule is O=C(CSc1ccccn1)N(C[C@@H]1CCCO1)c1nc(-c2ccc(Br)cc2)cs1. The van der Waals surface area contributed by atoms with Crippen molar-refractivity contribution < 1.29 is 9.53 Å². The van der Waals surface area contributed by atoms with Crippen LogP contribution in [-0.2, 0) is 9.53 Å². The minimum atomic E-state index is 0.0212. The quantitative estimate of drug-likeness (QED) is 0.423. The molecule has 1 amide bonds. The maximum atomic E-state index is 13.1. The van der Waals surface area contributed by atoms with Gasteiger partial charge in [0.15, 0.2) is 5.13 Å². The van der Waals surface area contributed by atoms with E-state index in [2.05, 4.69) is 20.9 Å². The number of hydrogen-bond donors (Lipinski definition) is 0. The number of amides is 1. The van der Waals surface area contributed by atoms with Crippen LogP contribution >= 0.6 is 39.0 Å². The highest BCUT2D eigenvalue weighted by Gasteiger charge is 2.26. The summed E-state index contributed by atoms with van der Waals surface area (Å²) in [5.74, 6) is 0.338. The molecule has 1 atom stereocenters. The molecule has 3 heterocycles. The third-order valence-corrected chi connectivity index (χ3v) is 6.88. The van der Waals surface area contributed by atoms with Gasteiger partial charge in [-0.1, -0.05) is 45.9 Å². The molecular weight excluding hydrogens is 470 g/mol. The minimum Gasteiger partial charge on any atom is -0.376 e. The Morgan fingerprint density at radius 3 is 2.86 bits per heavy atom. The lowest BCUT2D eigenvalue weighted by atomic mass is 10.2. The highest BCUT2D eigenvalue weighted by molar-refractivity contribution is 9.10. The number of thioether (sulfide) groups is 1. The zero-order valence-corrected chi connectivity index (χ0v) is 18.9. The molecule has 0 unspecified atom stereocenters. The first kappa shape index (κ1) is 20.5. The van der Waals surface area contributed by atoms with Gasteiger partial charge in [-0.3, -0.25) is 9.69 Å². The van der Waals surface area contributed by atoms with E-state index in [-0.39, 0.29) is 12.0 Å². The summed E-state index contributed by atoms with van der Waals surface area (Å²) in [4.78, 5) is 23.9. The first-order chi connectivity index (χ1) is 14.2. The lowest BCUT2D eigenvalue weighted by Gasteiger charge is -2.23. The molecular formula is C21H20BrN3O2S2. The normalized spacial score (nSPS) is 16.1. The van der Waals surface area contributed by atoms with Crippen LogP contribution in [-0.4, -0.2) is 40.9 Å². The van der Waals surface area contributed by atoms with E-state index in [4.69, 9.17) is 9.72 Å². The molecule has 150 valence electrons. The summed E-state index contributed by atoms with van der Waals surface area (Å²) in [5, 5.41) is 3.55. The molecule has 3 aromatic rings. The fraction of sp³-hybridized carbons (Fsp3) is 0.286. The van der Waals surface area contributed by atoms with Gasteiger partial charge in [0.1, 0.15) is 0 Å². The van der Waals surface area contributed by atoms with Crippen molar-refractivity contribution in [2.24, 2.45) is 0 Å². The van der Waals surface area contributed by atoms with Gasteiger partial charge in [-0.05, 0) is 37.1 Å². The summed E-state index contributed by atoms with van der Waals surface area (Å²) in [6, 6.07) is 13.7. The van der Waals surface area contributed by atoms with Crippen LogP contribution in [0.2, 0.25) is 0 Å². The number of halogens is 1. The largest absolute Gasteiger partial charge is 0.376 e. The number of anilines is 1. The fourth-order valence-electron chi connectivity index (χ4n) is 3.07. The molecule has 4 rings (SSSR count). The van der Waals surface area contributed by atoms with E-state index in [9.17, 15) is 4.79 Å². The molecule has 0 bridgehead atoms. The molecule has 0 spiro atoms. The third-order valence-electron chi connectivity index (χ3n) is 4.56. The first-order valence-corrected chi connectivity index (χ1v) is 12.0. The number of carbonyl (C=O) groups excluding carboxylic acids is 1. The summed E-state index contributed by atoms with van der Waals surface area (Å²) in [7, 11) is 0. The topological polar surface area (TPSA) is 55.3 Å². The number of rotatable bonds is 7. The van der Waals surface area contributed by atoms with E-state index in [0.29, 0.717) is 17.4 Å². The summed E-state index contributed by atoms with van der Waals surface area (Å²) in [6.07, 6.45) is 3.82. The molecule has 2 aromatic heterocycles. The number of aromatic nitrogens is 2. The van der Waals surface area contributed by atoms with E-state index in [1.54, 1.807) is 11.1 Å². The Labute approximate surface area is 186 Å². The smallest absolute Gasteiger partial charge is 0.239 e. The van der Waals surface area contributed by atoms with Gasteiger partial charge in [0, 0.05) is 28.2 Å². The van der Waals surface area contributed by atoms with Gasteiger partial charge in [0.25, 0.3) is 0 Å². The third kappa shape index (κ3) is 5.45. The van der Waals surface area contributed by atoms with Crippen molar-refractivity contribution in [3.63, 3.8) is 0 Å². The maximum Gasteiger partial charge on any atom is 0.239 e. The number of ether oxygens (including phenoxy) is 1. The van der Waals surface area contributed by atoms with Crippen molar-refractivity contribution in [3.05, 3.63) is 58.5 Å². The van der Waals surface area contributed by atoms with E-state index in [1.807, 2.05) is 47.8 Å². The van der Waals surface area contributed by atoms with Crippen molar-refractivity contribution in [2.75, 3.05) is 23.8 Å². The molecule has 1 aliphatic rings.